The van der Waals surface area contributed by atoms with E-state index < -0.39 is 11.9 Å². The molecule has 7 heteroatoms. The third kappa shape index (κ3) is 4.81. The van der Waals surface area contributed by atoms with E-state index in [1.54, 1.807) is 36.9 Å². The van der Waals surface area contributed by atoms with Gasteiger partial charge in [0.05, 0.1) is 24.6 Å². The van der Waals surface area contributed by atoms with E-state index in [2.05, 4.69) is 5.10 Å². The Morgan fingerprint density at radius 1 is 0.967 bits per heavy atom. The lowest BCUT2D eigenvalue weighted by Gasteiger charge is -2.06. The van der Waals surface area contributed by atoms with Gasteiger partial charge >= 0.3 is 11.9 Å². The van der Waals surface area contributed by atoms with Gasteiger partial charge in [-0.1, -0.05) is 18.2 Å². The van der Waals surface area contributed by atoms with Crippen LogP contribution in [0.1, 0.15) is 19.4 Å². The summed E-state index contributed by atoms with van der Waals surface area (Å²) in [6.07, 6.45) is 3.08. The summed E-state index contributed by atoms with van der Waals surface area (Å²) in [6.45, 7) is 3.53. The monoisotopic (exact) mass is 408 g/mol. The van der Waals surface area contributed by atoms with Gasteiger partial charge in [0, 0.05) is 17.3 Å². The molecule has 0 radical (unpaired) electrons. The molecule has 1 heterocycles. The van der Waals surface area contributed by atoms with Crippen molar-refractivity contribution in [3.8, 4) is 16.9 Å². The summed E-state index contributed by atoms with van der Waals surface area (Å²) >= 11 is 0. The summed E-state index contributed by atoms with van der Waals surface area (Å²) in [7, 11) is 0. The number of hydrogen-bond donors (Lipinski definition) is 0. The van der Waals surface area contributed by atoms with E-state index in [9.17, 15) is 14.0 Å². The first-order valence-electron chi connectivity index (χ1n) is 9.50. The van der Waals surface area contributed by atoms with Crippen LogP contribution >= 0.6 is 0 Å². The molecular weight excluding hydrogens is 387 g/mol. The highest BCUT2D eigenvalue weighted by Gasteiger charge is 2.23. The van der Waals surface area contributed by atoms with Crippen molar-refractivity contribution < 1.29 is 23.5 Å². The van der Waals surface area contributed by atoms with Gasteiger partial charge in [-0.2, -0.15) is 5.10 Å². The molecule has 3 aromatic rings. The highest BCUT2D eigenvalue weighted by molar-refractivity contribution is 6.18. The van der Waals surface area contributed by atoms with Crippen molar-refractivity contribution in [1.29, 1.82) is 0 Å². The zero-order valence-corrected chi connectivity index (χ0v) is 16.7. The first-order chi connectivity index (χ1) is 14.5. The second-order valence-electron chi connectivity index (χ2n) is 6.22. The van der Waals surface area contributed by atoms with Gasteiger partial charge in [0.2, 0.25) is 0 Å². The van der Waals surface area contributed by atoms with Gasteiger partial charge in [-0.05, 0) is 56.3 Å². The fraction of sp³-hybridized carbons (Fsp3) is 0.174. The molecule has 154 valence electrons. The quantitative estimate of drug-likeness (QED) is 0.254. The third-order valence-electron chi connectivity index (χ3n) is 4.17. The Hall–Kier alpha value is -3.74. The van der Waals surface area contributed by atoms with Crippen LogP contribution in [0, 0.1) is 5.82 Å². The number of nitrogens with zero attached hydrogens (tertiary/aromatic N) is 2. The predicted molar refractivity (Wildman–Crippen MR) is 110 cm³/mol. The van der Waals surface area contributed by atoms with Gasteiger partial charge in [-0.3, -0.25) is 0 Å². The van der Waals surface area contributed by atoms with Crippen molar-refractivity contribution in [1.82, 2.24) is 9.78 Å². The van der Waals surface area contributed by atoms with Crippen LogP contribution < -0.4 is 0 Å². The third-order valence-corrected chi connectivity index (χ3v) is 4.17. The standard InChI is InChI=1S/C23H21FN2O4/c1-3-29-22(27)20(23(28)30-4-2)14-17-15-26(19-8-6-5-7-9-19)25-21(17)16-10-12-18(24)13-11-16/h5-15H,3-4H2,1-2H3. The Kier molecular flexibility index (Phi) is 6.75. The van der Waals surface area contributed by atoms with E-state index in [0.717, 1.165) is 5.69 Å². The number of halogens is 1. The Bertz CT molecular complexity index is 1040. The van der Waals surface area contributed by atoms with Crippen LogP contribution in [0.4, 0.5) is 4.39 Å². The minimum Gasteiger partial charge on any atom is -0.462 e. The molecule has 0 aliphatic rings. The van der Waals surface area contributed by atoms with Crippen molar-refractivity contribution in [2.75, 3.05) is 13.2 Å². The summed E-state index contributed by atoms with van der Waals surface area (Å²) in [5.74, 6) is -1.95. The molecule has 2 aromatic carbocycles. The van der Waals surface area contributed by atoms with Gasteiger partial charge in [-0.25, -0.2) is 18.7 Å². The van der Waals surface area contributed by atoms with Crippen molar-refractivity contribution in [3.63, 3.8) is 0 Å². The van der Waals surface area contributed by atoms with E-state index in [-0.39, 0.29) is 24.6 Å². The van der Waals surface area contributed by atoms with Crippen LogP contribution in [0.3, 0.4) is 0 Å². The minimum absolute atomic E-state index is 0.115. The van der Waals surface area contributed by atoms with Gasteiger partial charge in [0.1, 0.15) is 11.4 Å². The summed E-state index contributed by atoms with van der Waals surface area (Å²) in [5.41, 5.74) is 2.14. The highest BCUT2D eigenvalue weighted by atomic mass is 19.1. The molecule has 3 rings (SSSR count). The number of carbonyl (C=O) groups is 2. The maximum absolute atomic E-state index is 13.4. The van der Waals surface area contributed by atoms with E-state index in [0.29, 0.717) is 16.8 Å². The van der Waals surface area contributed by atoms with Gasteiger partial charge in [-0.15, -0.1) is 0 Å². The van der Waals surface area contributed by atoms with Crippen LogP contribution in [0.15, 0.2) is 66.4 Å². The Labute approximate surface area is 173 Å². The van der Waals surface area contributed by atoms with Gasteiger partial charge in [0.25, 0.3) is 0 Å². The lowest BCUT2D eigenvalue weighted by molar-refractivity contribution is -0.146. The van der Waals surface area contributed by atoms with Crippen molar-refractivity contribution >= 4 is 18.0 Å². The smallest absolute Gasteiger partial charge is 0.345 e. The fourth-order valence-electron chi connectivity index (χ4n) is 2.81. The zero-order chi connectivity index (χ0) is 21.5. The largest absolute Gasteiger partial charge is 0.462 e. The van der Waals surface area contributed by atoms with Crippen LogP contribution in [-0.4, -0.2) is 34.9 Å². The van der Waals surface area contributed by atoms with Gasteiger partial charge in [0.15, 0.2) is 0 Å². The first-order valence-corrected chi connectivity index (χ1v) is 9.50. The second-order valence-corrected chi connectivity index (χ2v) is 6.22. The number of carbonyl (C=O) groups excluding carboxylic acids is 2. The fourth-order valence-corrected chi connectivity index (χ4v) is 2.81. The SMILES string of the molecule is CCOC(=O)C(=Cc1cn(-c2ccccc2)nc1-c1ccc(F)cc1)C(=O)OCC. The van der Waals surface area contributed by atoms with Crippen molar-refractivity contribution in [2.45, 2.75) is 13.8 Å². The molecule has 30 heavy (non-hydrogen) atoms. The number of esters is 2. The molecule has 0 atom stereocenters. The van der Waals surface area contributed by atoms with Crippen LogP contribution in [-0.2, 0) is 19.1 Å². The Balaban J connectivity index is 2.15. The van der Waals surface area contributed by atoms with Gasteiger partial charge < -0.3 is 9.47 Å². The molecule has 0 aliphatic carbocycles. The topological polar surface area (TPSA) is 70.4 Å². The molecular formula is C23H21FN2O4. The van der Waals surface area contributed by atoms with E-state index in [4.69, 9.17) is 9.47 Å². The molecule has 0 aliphatic heterocycles. The first kappa shape index (κ1) is 21.0. The molecule has 1 aromatic heterocycles. The average molecular weight is 408 g/mol. The molecule has 0 saturated heterocycles. The normalized spacial score (nSPS) is 10.4. The Morgan fingerprint density at radius 2 is 1.57 bits per heavy atom. The van der Waals surface area contributed by atoms with Crippen LogP contribution in [0.5, 0.6) is 0 Å². The van der Waals surface area contributed by atoms with E-state index >= 15 is 0 Å². The Morgan fingerprint density at radius 3 is 2.13 bits per heavy atom. The molecule has 6 nitrogen and oxygen atoms in total. The number of hydrogen-bond acceptors (Lipinski definition) is 5. The average Bonchev–Trinajstić information content (AvgIpc) is 3.17. The van der Waals surface area contributed by atoms with Crippen molar-refractivity contribution in [2.24, 2.45) is 0 Å². The van der Waals surface area contributed by atoms with Crippen LogP contribution in [0.25, 0.3) is 23.0 Å². The number of ether oxygens (including phenoxy) is 2. The molecule has 0 N–H and O–H groups in total. The predicted octanol–water partition coefficient (Wildman–Crippen LogP) is 4.19. The van der Waals surface area contributed by atoms with Crippen LogP contribution in [0.2, 0.25) is 0 Å². The summed E-state index contributed by atoms with van der Waals surface area (Å²) in [4.78, 5) is 24.7. The molecule has 0 unspecified atom stereocenters. The molecule has 0 fully saturated rings. The van der Waals surface area contributed by atoms with E-state index in [1.807, 2.05) is 30.3 Å². The second kappa shape index (κ2) is 9.65. The lowest BCUT2D eigenvalue weighted by atomic mass is 10.1. The zero-order valence-electron chi connectivity index (χ0n) is 16.7. The summed E-state index contributed by atoms with van der Waals surface area (Å²) < 4.78 is 25.1. The van der Waals surface area contributed by atoms with E-state index in [1.165, 1.54) is 18.2 Å². The number of aromatic nitrogens is 2. The number of para-hydroxylation sites is 1. The maximum atomic E-state index is 13.4. The van der Waals surface area contributed by atoms with Crippen molar-refractivity contribution in [3.05, 3.63) is 77.7 Å². The summed E-state index contributed by atoms with van der Waals surface area (Å²) in [5, 5.41) is 4.59. The highest BCUT2D eigenvalue weighted by Crippen LogP contribution is 2.26. The molecule has 0 saturated carbocycles. The minimum atomic E-state index is -0.784. The number of rotatable bonds is 7. The molecule has 0 bridgehead atoms. The maximum Gasteiger partial charge on any atom is 0.345 e. The summed E-state index contributed by atoms with van der Waals surface area (Å²) in [6, 6.07) is 15.2. The lowest BCUT2D eigenvalue weighted by Crippen LogP contribution is -2.18. The molecule has 0 amide bonds. The molecule has 0 spiro atoms. The number of benzene rings is 2.